The molecular formula is C9H21N3O. The van der Waals surface area contributed by atoms with E-state index < -0.39 is 0 Å². The molecule has 4 heteroatoms. The molecule has 1 unspecified atom stereocenters. The highest BCUT2D eigenvalue weighted by Gasteiger charge is 2.17. The number of nitrogens with one attached hydrogen (secondary N) is 1. The van der Waals surface area contributed by atoms with Crippen molar-refractivity contribution in [2.45, 2.75) is 32.9 Å². The third-order valence-corrected chi connectivity index (χ3v) is 1.95. The average Bonchev–Trinajstić information content (AvgIpc) is 2.02. The lowest BCUT2D eigenvalue weighted by Crippen LogP contribution is -2.46. The molecule has 0 aromatic heterocycles. The van der Waals surface area contributed by atoms with Gasteiger partial charge in [0.25, 0.3) is 0 Å². The summed E-state index contributed by atoms with van der Waals surface area (Å²) in [5, 5.41) is 2.86. The molecule has 0 aliphatic carbocycles. The van der Waals surface area contributed by atoms with Gasteiger partial charge < -0.3 is 11.1 Å². The summed E-state index contributed by atoms with van der Waals surface area (Å²) in [5.41, 5.74) is 5.40. The molecule has 0 fully saturated rings. The van der Waals surface area contributed by atoms with Gasteiger partial charge in [0, 0.05) is 19.1 Å². The second-order valence-corrected chi connectivity index (χ2v) is 3.61. The van der Waals surface area contributed by atoms with Crippen LogP contribution in [0.4, 0.5) is 0 Å². The highest BCUT2D eigenvalue weighted by molar-refractivity contribution is 5.81. The summed E-state index contributed by atoms with van der Waals surface area (Å²) >= 11 is 0. The zero-order valence-electron chi connectivity index (χ0n) is 9.00. The van der Waals surface area contributed by atoms with Gasteiger partial charge in [0.05, 0.1) is 6.04 Å². The van der Waals surface area contributed by atoms with Crippen molar-refractivity contribution in [3.8, 4) is 0 Å². The molecule has 0 aromatic carbocycles. The molecule has 4 nitrogen and oxygen atoms in total. The Morgan fingerprint density at radius 1 is 1.46 bits per heavy atom. The lowest BCUT2D eigenvalue weighted by molar-refractivity contribution is -0.125. The normalized spacial score (nSPS) is 13.5. The van der Waals surface area contributed by atoms with Crippen molar-refractivity contribution in [1.29, 1.82) is 0 Å². The SMILES string of the molecule is CC(C)NC(=O)C(C)N(C)CCN. The minimum absolute atomic E-state index is 0.0611. The van der Waals surface area contributed by atoms with E-state index in [2.05, 4.69) is 5.32 Å². The second kappa shape index (κ2) is 5.94. The largest absolute Gasteiger partial charge is 0.353 e. The van der Waals surface area contributed by atoms with Gasteiger partial charge in [0.15, 0.2) is 0 Å². The number of nitrogens with zero attached hydrogens (tertiary/aromatic N) is 1. The predicted molar refractivity (Wildman–Crippen MR) is 54.4 cm³/mol. The van der Waals surface area contributed by atoms with Crippen molar-refractivity contribution in [3.05, 3.63) is 0 Å². The van der Waals surface area contributed by atoms with E-state index in [1.807, 2.05) is 32.7 Å². The van der Waals surface area contributed by atoms with E-state index in [9.17, 15) is 4.79 Å². The molecular weight excluding hydrogens is 166 g/mol. The molecule has 1 amide bonds. The lowest BCUT2D eigenvalue weighted by atomic mass is 10.2. The minimum Gasteiger partial charge on any atom is -0.353 e. The standard InChI is InChI=1S/C9H21N3O/c1-7(2)11-9(13)8(3)12(4)6-5-10/h7-8H,5-6,10H2,1-4H3,(H,11,13). The summed E-state index contributed by atoms with van der Waals surface area (Å²) in [5.74, 6) is 0.0611. The van der Waals surface area contributed by atoms with Gasteiger partial charge >= 0.3 is 0 Å². The van der Waals surface area contributed by atoms with E-state index in [1.165, 1.54) is 0 Å². The van der Waals surface area contributed by atoms with Crippen LogP contribution in [-0.4, -0.2) is 43.0 Å². The molecule has 0 spiro atoms. The molecule has 0 saturated heterocycles. The Kier molecular flexibility index (Phi) is 5.66. The summed E-state index contributed by atoms with van der Waals surface area (Å²) in [6.07, 6.45) is 0. The van der Waals surface area contributed by atoms with Gasteiger partial charge in [-0.25, -0.2) is 0 Å². The molecule has 78 valence electrons. The Bertz CT molecular complexity index is 159. The zero-order valence-corrected chi connectivity index (χ0v) is 9.00. The molecule has 0 aromatic rings. The number of rotatable bonds is 5. The van der Waals surface area contributed by atoms with Crippen LogP contribution in [0.2, 0.25) is 0 Å². The molecule has 0 bridgehead atoms. The quantitative estimate of drug-likeness (QED) is 0.626. The maximum atomic E-state index is 11.5. The molecule has 0 heterocycles. The summed E-state index contributed by atoms with van der Waals surface area (Å²) in [4.78, 5) is 13.4. The van der Waals surface area contributed by atoms with Crippen molar-refractivity contribution in [2.24, 2.45) is 5.73 Å². The number of hydrogen-bond acceptors (Lipinski definition) is 3. The zero-order chi connectivity index (χ0) is 10.4. The monoisotopic (exact) mass is 187 g/mol. The van der Waals surface area contributed by atoms with Crippen molar-refractivity contribution in [2.75, 3.05) is 20.1 Å². The van der Waals surface area contributed by atoms with Crippen LogP contribution in [0.15, 0.2) is 0 Å². The second-order valence-electron chi connectivity index (χ2n) is 3.61. The first-order valence-electron chi connectivity index (χ1n) is 4.69. The first-order chi connectivity index (χ1) is 5.99. The van der Waals surface area contributed by atoms with Crippen molar-refractivity contribution >= 4 is 5.91 Å². The van der Waals surface area contributed by atoms with E-state index in [0.717, 1.165) is 6.54 Å². The van der Waals surface area contributed by atoms with Gasteiger partial charge in [0.2, 0.25) is 5.91 Å². The maximum Gasteiger partial charge on any atom is 0.237 e. The van der Waals surface area contributed by atoms with Crippen LogP contribution in [0.5, 0.6) is 0 Å². The van der Waals surface area contributed by atoms with Crippen LogP contribution in [0.25, 0.3) is 0 Å². The fourth-order valence-corrected chi connectivity index (χ4v) is 1.00. The molecule has 0 rings (SSSR count). The first-order valence-corrected chi connectivity index (χ1v) is 4.69. The third-order valence-electron chi connectivity index (χ3n) is 1.95. The molecule has 13 heavy (non-hydrogen) atoms. The highest BCUT2D eigenvalue weighted by Crippen LogP contribution is 1.95. The highest BCUT2D eigenvalue weighted by atomic mass is 16.2. The van der Waals surface area contributed by atoms with Crippen LogP contribution in [0.1, 0.15) is 20.8 Å². The van der Waals surface area contributed by atoms with Crippen LogP contribution < -0.4 is 11.1 Å². The van der Waals surface area contributed by atoms with E-state index in [4.69, 9.17) is 5.73 Å². The van der Waals surface area contributed by atoms with E-state index in [-0.39, 0.29) is 18.0 Å². The molecule has 0 saturated carbocycles. The van der Waals surface area contributed by atoms with Gasteiger partial charge in [0.1, 0.15) is 0 Å². The Balaban J connectivity index is 3.93. The van der Waals surface area contributed by atoms with E-state index >= 15 is 0 Å². The van der Waals surface area contributed by atoms with Gasteiger partial charge in [-0.1, -0.05) is 0 Å². The van der Waals surface area contributed by atoms with Crippen molar-refractivity contribution in [3.63, 3.8) is 0 Å². The first kappa shape index (κ1) is 12.4. The van der Waals surface area contributed by atoms with Gasteiger partial charge in [-0.3, -0.25) is 9.69 Å². The molecule has 3 N–H and O–H groups in total. The minimum atomic E-state index is -0.106. The summed E-state index contributed by atoms with van der Waals surface area (Å²) in [6.45, 7) is 7.11. The van der Waals surface area contributed by atoms with Crippen molar-refractivity contribution < 1.29 is 4.79 Å². The number of nitrogens with two attached hydrogens (primary N) is 1. The van der Waals surface area contributed by atoms with Crippen molar-refractivity contribution in [1.82, 2.24) is 10.2 Å². The van der Waals surface area contributed by atoms with Crippen LogP contribution in [0, 0.1) is 0 Å². The number of carbonyl (C=O) groups excluding carboxylic acids is 1. The summed E-state index contributed by atoms with van der Waals surface area (Å²) < 4.78 is 0. The Morgan fingerprint density at radius 3 is 2.38 bits per heavy atom. The molecule has 1 atom stereocenters. The fourth-order valence-electron chi connectivity index (χ4n) is 1.00. The Labute approximate surface area is 80.5 Å². The van der Waals surface area contributed by atoms with Crippen LogP contribution in [-0.2, 0) is 4.79 Å². The Morgan fingerprint density at radius 2 is 2.00 bits per heavy atom. The van der Waals surface area contributed by atoms with E-state index in [0.29, 0.717) is 6.54 Å². The smallest absolute Gasteiger partial charge is 0.237 e. The molecule has 0 aliphatic rings. The summed E-state index contributed by atoms with van der Waals surface area (Å²) in [6, 6.07) is 0.0900. The molecule has 0 radical (unpaired) electrons. The maximum absolute atomic E-state index is 11.5. The summed E-state index contributed by atoms with van der Waals surface area (Å²) in [7, 11) is 1.90. The van der Waals surface area contributed by atoms with E-state index in [1.54, 1.807) is 0 Å². The number of hydrogen-bond donors (Lipinski definition) is 2. The Hall–Kier alpha value is -0.610. The lowest BCUT2D eigenvalue weighted by Gasteiger charge is -2.23. The van der Waals surface area contributed by atoms with Crippen LogP contribution in [0.3, 0.4) is 0 Å². The average molecular weight is 187 g/mol. The predicted octanol–water partition coefficient (Wildman–Crippen LogP) is -0.210. The number of carbonyl (C=O) groups is 1. The van der Waals surface area contributed by atoms with Crippen LogP contribution >= 0.6 is 0 Å². The fraction of sp³-hybridized carbons (Fsp3) is 0.889. The topological polar surface area (TPSA) is 58.4 Å². The third kappa shape index (κ3) is 4.85. The number of likely N-dealkylation sites (N-methyl/N-ethyl adjacent to an activating group) is 1. The van der Waals surface area contributed by atoms with Gasteiger partial charge in [-0.15, -0.1) is 0 Å². The van der Waals surface area contributed by atoms with Gasteiger partial charge in [-0.05, 0) is 27.8 Å². The van der Waals surface area contributed by atoms with Gasteiger partial charge in [-0.2, -0.15) is 0 Å². The molecule has 0 aliphatic heterocycles. The number of amides is 1.